The normalized spacial score (nSPS) is 10.2. The van der Waals surface area contributed by atoms with Crippen LogP contribution in [0, 0.1) is 6.92 Å². The molecule has 0 bridgehead atoms. The number of rotatable bonds is 4. The third-order valence-electron chi connectivity index (χ3n) is 2.42. The molecule has 0 aliphatic heterocycles. The molecule has 2 heteroatoms. The monoisotopic (exact) mass is 191 g/mol. The van der Waals surface area contributed by atoms with Gasteiger partial charge in [-0.15, -0.1) is 0 Å². The van der Waals surface area contributed by atoms with Crippen LogP contribution in [0.3, 0.4) is 0 Å². The summed E-state index contributed by atoms with van der Waals surface area (Å²) in [6.07, 6.45) is 1.16. The van der Waals surface area contributed by atoms with E-state index < -0.39 is 0 Å². The fraction of sp³-hybridized carbons (Fsp3) is 0.417. The summed E-state index contributed by atoms with van der Waals surface area (Å²) in [6.45, 7) is 4.48. The van der Waals surface area contributed by atoms with Gasteiger partial charge in [0, 0.05) is 19.4 Å². The van der Waals surface area contributed by atoms with Gasteiger partial charge in [-0.25, -0.2) is 0 Å². The van der Waals surface area contributed by atoms with Gasteiger partial charge < -0.3 is 5.73 Å². The van der Waals surface area contributed by atoms with Gasteiger partial charge in [0.15, 0.2) is 0 Å². The average molecular weight is 191 g/mol. The van der Waals surface area contributed by atoms with Crippen LogP contribution >= 0.6 is 0 Å². The van der Waals surface area contributed by atoms with Gasteiger partial charge in [0.2, 0.25) is 0 Å². The Kier molecular flexibility index (Phi) is 3.84. The van der Waals surface area contributed by atoms with Crippen LogP contribution in [-0.2, 0) is 17.8 Å². The van der Waals surface area contributed by atoms with Gasteiger partial charge in [-0.1, -0.05) is 25.1 Å². The lowest BCUT2D eigenvalue weighted by atomic mass is 10.00. The maximum atomic E-state index is 11.3. The lowest BCUT2D eigenvalue weighted by molar-refractivity contribution is -0.118. The number of carbonyl (C=O) groups is 1. The van der Waals surface area contributed by atoms with Crippen molar-refractivity contribution >= 4 is 5.78 Å². The van der Waals surface area contributed by atoms with Crippen LogP contribution in [0.4, 0.5) is 0 Å². The van der Waals surface area contributed by atoms with Crippen molar-refractivity contribution in [3.63, 3.8) is 0 Å². The van der Waals surface area contributed by atoms with Crippen molar-refractivity contribution in [1.82, 2.24) is 0 Å². The fourth-order valence-electron chi connectivity index (χ4n) is 1.42. The summed E-state index contributed by atoms with van der Waals surface area (Å²) in [5.41, 5.74) is 8.93. The van der Waals surface area contributed by atoms with Gasteiger partial charge >= 0.3 is 0 Å². The van der Waals surface area contributed by atoms with E-state index >= 15 is 0 Å². The summed E-state index contributed by atoms with van der Waals surface area (Å²) >= 11 is 0. The summed E-state index contributed by atoms with van der Waals surface area (Å²) in [6, 6.07) is 6.05. The van der Waals surface area contributed by atoms with E-state index in [-0.39, 0.29) is 5.78 Å². The highest BCUT2D eigenvalue weighted by Crippen LogP contribution is 2.12. The van der Waals surface area contributed by atoms with Gasteiger partial charge in [-0.3, -0.25) is 4.79 Å². The first-order chi connectivity index (χ1) is 6.67. The number of aryl methyl sites for hydroxylation is 1. The molecule has 0 spiro atoms. The number of carbonyl (C=O) groups excluding carboxylic acids is 1. The van der Waals surface area contributed by atoms with Crippen molar-refractivity contribution in [3.05, 3.63) is 34.9 Å². The first-order valence-corrected chi connectivity index (χ1v) is 4.97. The highest BCUT2D eigenvalue weighted by atomic mass is 16.1. The van der Waals surface area contributed by atoms with Crippen LogP contribution in [0.2, 0.25) is 0 Å². The SMILES string of the molecule is CCC(=O)Cc1ccc(CN)cc1C. The molecule has 2 nitrogen and oxygen atoms in total. The molecule has 0 radical (unpaired) electrons. The lowest BCUT2D eigenvalue weighted by Gasteiger charge is -2.06. The quantitative estimate of drug-likeness (QED) is 0.790. The van der Waals surface area contributed by atoms with Gasteiger partial charge in [0.1, 0.15) is 5.78 Å². The second-order valence-electron chi connectivity index (χ2n) is 3.53. The molecule has 0 saturated carbocycles. The number of nitrogens with two attached hydrogens (primary N) is 1. The van der Waals surface area contributed by atoms with Crippen LogP contribution in [0.25, 0.3) is 0 Å². The molecule has 0 aliphatic carbocycles. The number of ketones is 1. The van der Waals surface area contributed by atoms with Crippen LogP contribution in [-0.4, -0.2) is 5.78 Å². The smallest absolute Gasteiger partial charge is 0.137 e. The molecule has 2 N–H and O–H groups in total. The summed E-state index contributed by atoms with van der Waals surface area (Å²) < 4.78 is 0. The summed E-state index contributed by atoms with van der Waals surface area (Å²) in [5, 5.41) is 0. The Morgan fingerprint density at radius 2 is 2.14 bits per heavy atom. The van der Waals surface area contributed by atoms with Crippen LogP contribution in [0.5, 0.6) is 0 Å². The van der Waals surface area contributed by atoms with Crippen molar-refractivity contribution < 1.29 is 4.79 Å². The molecule has 14 heavy (non-hydrogen) atoms. The number of hydrogen-bond donors (Lipinski definition) is 1. The van der Waals surface area contributed by atoms with Gasteiger partial charge in [0.05, 0.1) is 0 Å². The van der Waals surface area contributed by atoms with Crippen LogP contribution in [0.15, 0.2) is 18.2 Å². The molecule has 1 aromatic rings. The molecule has 0 unspecified atom stereocenters. The Hall–Kier alpha value is -1.15. The van der Waals surface area contributed by atoms with Crippen molar-refractivity contribution in [2.24, 2.45) is 5.73 Å². The number of Topliss-reactive ketones (excluding diaryl/α,β-unsaturated/α-hetero) is 1. The minimum atomic E-state index is 0.286. The van der Waals surface area contributed by atoms with Gasteiger partial charge in [-0.2, -0.15) is 0 Å². The van der Waals surface area contributed by atoms with Crippen molar-refractivity contribution in [3.8, 4) is 0 Å². The van der Waals surface area contributed by atoms with Crippen LogP contribution < -0.4 is 5.73 Å². The number of hydrogen-bond acceptors (Lipinski definition) is 2. The number of benzene rings is 1. The Labute approximate surface area is 85.1 Å². The molecule has 0 heterocycles. The van der Waals surface area contributed by atoms with E-state index in [4.69, 9.17) is 5.73 Å². The van der Waals surface area contributed by atoms with Crippen molar-refractivity contribution in [2.45, 2.75) is 33.2 Å². The summed E-state index contributed by atoms with van der Waals surface area (Å²) in [7, 11) is 0. The Balaban J connectivity index is 2.83. The average Bonchev–Trinajstić information content (AvgIpc) is 2.20. The van der Waals surface area contributed by atoms with E-state index in [1.54, 1.807) is 0 Å². The fourth-order valence-corrected chi connectivity index (χ4v) is 1.42. The second-order valence-corrected chi connectivity index (χ2v) is 3.53. The largest absolute Gasteiger partial charge is 0.326 e. The van der Waals surface area contributed by atoms with Gasteiger partial charge in [-0.05, 0) is 23.6 Å². The minimum Gasteiger partial charge on any atom is -0.326 e. The molecular formula is C12H17NO. The summed E-state index contributed by atoms with van der Waals surface area (Å²) in [4.78, 5) is 11.3. The van der Waals surface area contributed by atoms with E-state index in [0.29, 0.717) is 19.4 Å². The summed E-state index contributed by atoms with van der Waals surface area (Å²) in [5.74, 6) is 0.286. The maximum absolute atomic E-state index is 11.3. The minimum absolute atomic E-state index is 0.286. The van der Waals surface area contributed by atoms with E-state index in [9.17, 15) is 4.79 Å². The van der Waals surface area contributed by atoms with E-state index in [0.717, 1.165) is 16.7 Å². The molecule has 0 amide bonds. The van der Waals surface area contributed by atoms with Crippen LogP contribution in [0.1, 0.15) is 30.0 Å². The Morgan fingerprint density at radius 3 is 2.64 bits per heavy atom. The molecule has 76 valence electrons. The topological polar surface area (TPSA) is 43.1 Å². The molecular weight excluding hydrogens is 174 g/mol. The predicted molar refractivity (Wildman–Crippen MR) is 58.1 cm³/mol. The molecule has 0 saturated heterocycles. The maximum Gasteiger partial charge on any atom is 0.137 e. The van der Waals surface area contributed by atoms with E-state index in [1.165, 1.54) is 0 Å². The van der Waals surface area contributed by atoms with E-state index in [1.807, 2.05) is 26.0 Å². The molecule has 0 aromatic heterocycles. The molecule has 1 rings (SSSR count). The predicted octanol–water partition coefficient (Wildman–Crippen LogP) is 1.98. The zero-order chi connectivity index (χ0) is 10.6. The van der Waals surface area contributed by atoms with Gasteiger partial charge in [0.25, 0.3) is 0 Å². The Bertz CT molecular complexity index is 331. The highest BCUT2D eigenvalue weighted by Gasteiger charge is 2.04. The zero-order valence-electron chi connectivity index (χ0n) is 8.84. The molecule has 0 fully saturated rings. The Morgan fingerprint density at radius 1 is 1.43 bits per heavy atom. The molecule has 1 aromatic carbocycles. The molecule has 0 aliphatic rings. The third-order valence-corrected chi connectivity index (χ3v) is 2.42. The zero-order valence-corrected chi connectivity index (χ0v) is 8.84. The van der Waals surface area contributed by atoms with Crippen molar-refractivity contribution in [2.75, 3.05) is 0 Å². The van der Waals surface area contributed by atoms with E-state index in [2.05, 4.69) is 6.07 Å². The highest BCUT2D eigenvalue weighted by molar-refractivity contribution is 5.80. The van der Waals surface area contributed by atoms with Crippen molar-refractivity contribution in [1.29, 1.82) is 0 Å². The second kappa shape index (κ2) is 4.91. The first-order valence-electron chi connectivity index (χ1n) is 4.97. The first kappa shape index (κ1) is 10.9. The third kappa shape index (κ3) is 2.67. The molecule has 0 atom stereocenters. The lowest BCUT2D eigenvalue weighted by Crippen LogP contribution is -2.03. The standard InChI is InChI=1S/C12H17NO/c1-3-12(14)7-11-5-4-10(8-13)6-9(11)2/h4-6H,3,7-8,13H2,1-2H3.